The number of aryl methyl sites for hydroxylation is 2. The zero-order valence-corrected chi connectivity index (χ0v) is 7.56. The van der Waals surface area contributed by atoms with E-state index >= 15 is 0 Å². The molecule has 1 aromatic rings. The lowest BCUT2D eigenvalue weighted by molar-refractivity contribution is 0.618. The van der Waals surface area contributed by atoms with Gasteiger partial charge in [-0.1, -0.05) is 6.07 Å². The highest BCUT2D eigenvalue weighted by Gasteiger charge is 2.01. The van der Waals surface area contributed by atoms with Gasteiger partial charge < -0.3 is 0 Å². The number of hydrogen-bond donors (Lipinski definition) is 0. The van der Waals surface area contributed by atoms with E-state index in [4.69, 9.17) is 0 Å². The van der Waals surface area contributed by atoms with Gasteiger partial charge in [0.15, 0.2) is 0 Å². The molecule has 0 spiro atoms. The van der Waals surface area contributed by atoms with Crippen LogP contribution in [0.5, 0.6) is 0 Å². The molecule has 1 rings (SSSR count). The highest BCUT2D eigenvalue weighted by molar-refractivity contribution is 5.81. The molecule has 0 atom stereocenters. The average Bonchev–Trinajstić information content (AvgIpc) is 2.01. The van der Waals surface area contributed by atoms with Crippen molar-refractivity contribution in [2.24, 2.45) is 4.99 Å². The summed E-state index contributed by atoms with van der Waals surface area (Å²) in [5.41, 5.74) is 2.58. The molecule has 0 aromatic heterocycles. The maximum absolute atomic E-state index is 13.0. The molecule has 0 aliphatic heterocycles. The molecule has 64 valence electrons. The fraction of sp³-hybridized carbons (Fsp3) is 0.300. The molecule has 1 aromatic carbocycles. The molecule has 0 amide bonds. The van der Waals surface area contributed by atoms with Crippen molar-refractivity contribution in [3.63, 3.8) is 0 Å². The van der Waals surface area contributed by atoms with Gasteiger partial charge in [-0.2, -0.15) is 0 Å². The molecule has 0 aliphatic rings. The second-order valence-electron chi connectivity index (χ2n) is 2.85. The monoisotopic (exact) mass is 165 g/mol. The molecule has 0 N–H and O–H groups in total. The van der Waals surface area contributed by atoms with E-state index in [0.717, 1.165) is 11.1 Å². The van der Waals surface area contributed by atoms with Gasteiger partial charge in [0.2, 0.25) is 0 Å². The SMILES string of the molecule is CN=Cc1cc(F)c(C)cc1C. The van der Waals surface area contributed by atoms with Crippen LogP contribution in [0.3, 0.4) is 0 Å². The van der Waals surface area contributed by atoms with E-state index in [-0.39, 0.29) is 5.82 Å². The summed E-state index contributed by atoms with van der Waals surface area (Å²) in [7, 11) is 1.68. The van der Waals surface area contributed by atoms with Gasteiger partial charge in [0.1, 0.15) is 5.82 Å². The summed E-state index contributed by atoms with van der Waals surface area (Å²) in [6.45, 7) is 3.71. The van der Waals surface area contributed by atoms with Crippen molar-refractivity contribution in [3.8, 4) is 0 Å². The molecule has 0 unspecified atom stereocenters. The molecule has 0 fully saturated rings. The Morgan fingerprint density at radius 2 is 1.92 bits per heavy atom. The van der Waals surface area contributed by atoms with E-state index < -0.39 is 0 Å². The Kier molecular flexibility index (Phi) is 2.58. The number of aliphatic imine (C=N–C) groups is 1. The summed E-state index contributed by atoms with van der Waals surface area (Å²) >= 11 is 0. The van der Waals surface area contributed by atoms with Crippen LogP contribution in [-0.2, 0) is 0 Å². The summed E-state index contributed by atoms with van der Waals surface area (Å²) in [6, 6.07) is 3.34. The van der Waals surface area contributed by atoms with Gasteiger partial charge in [0.05, 0.1) is 0 Å². The maximum Gasteiger partial charge on any atom is 0.126 e. The number of benzene rings is 1. The molecule has 0 saturated heterocycles. The predicted octanol–water partition coefficient (Wildman–Crippen LogP) is 2.49. The van der Waals surface area contributed by atoms with Gasteiger partial charge >= 0.3 is 0 Å². The molecule has 0 radical (unpaired) electrons. The molecule has 0 saturated carbocycles. The lowest BCUT2D eigenvalue weighted by atomic mass is 10.1. The fourth-order valence-electron chi connectivity index (χ4n) is 1.12. The van der Waals surface area contributed by atoms with Crippen LogP contribution < -0.4 is 0 Å². The Labute approximate surface area is 72.0 Å². The van der Waals surface area contributed by atoms with Gasteiger partial charge in [0.25, 0.3) is 0 Å². The number of nitrogens with zero attached hydrogens (tertiary/aromatic N) is 1. The second kappa shape index (κ2) is 3.48. The number of halogens is 1. The van der Waals surface area contributed by atoms with Crippen molar-refractivity contribution >= 4 is 6.21 Å². The van der Waals surface area contributed by atoms with Crippen LogP contribution in [0.15, 0.2) is 17.1 Å². The Bertz CT molecular complexity index is 316. The van der Waals surface area contributed by atoms with E-state index in [2.05, 4.69) is 4.99 Å². The Morgan fingerprint density at radius 3 is 2.50 bits per heavy atom. The molecule has 0 aliphatic carbocycles. The van der Waals surface area contributed by atoms with Crippen LogP contribution in [0.4, 0.5) is 4.39 Å². The van der Waals surface area contributed by atoms with E-state index in [1.165, 1.54) is 6.07 Å². The third-order valence-electron chi connectivity index (χ3n) is 1.82. The van der Waals surface area contributed by atoms with Crippen molar-refractivity contribution < 1.29 is 4.39 Å². The molecular weight excluding hydrogens is 153 g/mol. The summed E-state index contributed by atoms with van der Waals surface area (Å²) < 4.78 is 13.0. The zero-order chi connectivity index (χ0) is 9.14. The van der Waals surface area contributed by atoms with E-state index in [1.54, 1.807) is 20.2 Å². The van der Waals surface area contributed by atoms with Crippen LogP contribution in [0, 0.1) is 19.7 Å². The highest BCUT2D eigenvalue weighted by atomic mass is 19.1. The summed E-state index contributed by atoms with van der Waals surface area (Å²) in [5, 5.41) is 0. The minimum absolute atomic E-state index is 0.171. The maximum atomic E-state index is 13.0. The van der Waals surface area contributed by atoms with Crippen LogP contribution in [-0.4, -0.2) is 13.3 Å². The normalized spacial score (nSPS) is 11.0. The first-order valence-corrected chi connectivity index (χ1v) is 3.84. The Balaban J connectivity index is 3.23. The van der Waals surface area contributed by atoms with Crippen LogP contribution >= 0.6 is 0 Å². The van der Waals surface area contributed by atoms with Gasteiger partial charge in [-0.3, -0.25) is 4.99 Å². The lowest BCUT2D eigenvalue weighted by Gasteiger charge is -2.02. The second-order valence-corrected chi connectivity index (χ2v) is 2.85. The topological polar surface area (TPSA) is 12.4 Å². The van der Waals surface area contributed by atoms with E-state index in [1.807, 2.05) is 13.0 Å². The number of rotatable bonds is 1. The third-order valence-corrected chi connectivity index (χ3v) is 1.82. The van der Waals surface area contributed by atoms with Crippen molar-refractivity contribution in [3.05, 3.63) is 34.6 Å². The highest BCUT2D eigenvalue weighted by Crippen LogP contribution is 2.12. The first-order valence-electron chi connectivity index (χ1n) is 3.84. The number of hydrogen-bond acceptors (Lipinski definition) is 1. The first-order chi connectivity index (χ1) is 5.65. The lowest BCUT2D eigenvalue weighted by Crippen LogP contribution is -1.91. The van der Waals surface area contributed by atoms with Gasteiger partial charge in [-0.15, -0.1) is 0 Å². The smallest absolute Gasteiger partial charge is 0.126 e. The molecule has 12 heavy (non-hydrogen) atoms. The van der Waals surface area contributed by atoms with Gasteiger partial charge in [-0.05, 0) is 36.6 Å². The Morgan fingerprint density at radius 1 is 1.25 bits per heavy atom. The molecule has 1 nitrogen and oxygen atoms in total. The predicted molar refractivity (Wildman–Crippen MR) is 49.4 cm³/mol. The van der Waals surface area contributed by atoms with Crippen LogP contribution in [0.25, 0.3) is 0 Å². The van der Waals surface area contributed by atoms with Crippen LogP contribution in [0.1, 0.15) is 16.7 Å². The molecular formula is C10H12FN. The third kappa shape index (κ3) is 1.70. The minimum Gasteiger partial charge on any atom is -0.296 e. The van der Waals surface area contributed by atoms with Gasteiger partial charge in [-0.25, -0.2) is 4.39 Å². The van der Waals surface area contributed by atoms with Crippen molar-refractivity contribution in [2.75, 3.05) is 7.05 Å². The molecule has 2 heteroatoms. The zero-order valence-electron chi connectivity index (χ0n) is 7.56. The average molecular weight is 165 g/mol. The summed E-state index contributed by atoms with van der Waals surface area (Å²) in [6.07, 6.45) is 1.66. The molecule has 0 bridgehead atoms. The van der Waals surface area contributed by atoms with E-state index in [9.17, 15) is 4.39 Å². The van der Waals surface area contributed by atoms with Gasteiger partial charge in [0, 0.05) is 13.3 Å². The largest absolute Gasteiger partial charge is 0.296 e. The first kappa shape index (κ1) is 8.91. The summed E-state index contributed by atoms with van der Waals surface area (Å²) in [5.74, 6) is -0.171. The van der Waals surface area contributed by atoms with Crippen molar-refractivity contribution in [1.82, 2.24) is 0 Å². The van der Waals surface area contributed by atoms with Crippen molar-refractivity contribution in [1.29, 1.82) is 0 Å². The fourth-order valence-corrected chi connectivity index (χ4v) is 1.12. The Hall–Kier alpha value is -1.18. The van der Waals surface area contributed by atoms with Crippen molar-refractivity contribution in [2.45, 2.75) is 13.8 Å². The minimum atomic E-state index is -0.171. The standard InChI is InChI=1S/C10H12FN/c1-7-4-8(2)10(11)5-9(7)6-12-3/h4-6H,1-3H3. The summed E-state index contributed by atoms with van der Waals surface area (Å²) in [4.78, 5) is 3.85. The molecule has 0 heterocycles. The van der Waals surface area contributed by atoms with Crippen LogP contribution in [0.2, 0.25) is 0 Å². The van der Waals surface area contributed by atoms with E-state index in [0.29, 0.717) is 5.56 Å². The quantitative estimate of drug-likeness (QED) is 0.567.